The number of thiazole rings is 1. The molecule has 20 heavy (non-hydrogen) atoms. The van der Waals surface area contributed by atoms with Crippen LogP contribution in [0.15, 0.2) is 30.5 Å². The number of alkyl halides is 1. The van der Waals surface area contributed by atoms with Crippen molar-refractivity contribution in [2.45, 2.75) is 26.3 Å². The summed E-state index contributed by atoms with van der Waals surface area (Å²) in [6, 6.07) is 8.40. The number of para-hydroxylation sites is 2. The predicted octanol–water partition coefficient (Wildman–Crippen LogP) is 4.19. The zero-order valence-corrected chi connectivity index (χ0v) is 13.1. The number of nitrogens with zero attached hydrogens (tertiary/aromatic N) is 3. The van der Waals surface area contributed by atoms with Crippen LogP contribution >= 0.6 is 22.9 Å². The molecule has 0 saturated carbocycles. The smallest absolute Gasteiger partial charge is 0.115 e. The van der Waals surface area contributed by atoms with Crippen molar-refractivity contribution in [3.63, 3.8) is 0 Å². The lowest BCUT2D eigenvalue weighted by atomic mass is 10.2. The molecule has 0 spiro atoms. The summed E-state index contributed by atoms with van der Waals surface area (Å²) in [6.45, 7) is 4.25. The third-order valence-electron chi connectivity index (χ3n) is 3.37. The first-order valence-electron chi connectivity index (χ1n) is 6.65. The topological polar surface area (TPSA) is 30.7 Å². The molecule has 1 atom stereocenters. The fraction of sp³-hybridized carbons (Fsp3) is 0.333. The summed E-state index contributed by atoms with van der Waals surface area (Å²) in [5.74, 6) is 1.61. The van der Waals surface area contributed by atoms with Crippen LogP contribution in [-0.4, -0.2) is 20.4 Å². The molecule has 0 fully saturated rings. The predicted molar refractivity (Wildman–Crippen MR) is 84.8 cm³/mol. The first-order chi connectivity index (χ1) is 9.70. The first kappa shape index (κ1) is 13.6. The maximum Gasteiger partial charge on any atom is 0.115 e. The van der Waals surface area contributed by atoms with E-state index in [1.807, 2.05) is 24.4 Å². The maximum atomic E-state index is 5.92. The molecular formula is C15H16ClN3S. The molecule has 0 aliphatic heterocycles. The molecule has 1 aromatic carbocycles. The number of benzene rings is 1. The highest BCUT2D eigenvalue weighted by atomic mass is 35.5. The van der Waals surface area contributed by atoms with Gasteiger partial charge in [0.05, 0.1) is 17.1 Å². The Balaban J connectivity index is 2.15. The van der Waals surface area contributed by atoms with E-state index in [0.717, 1.165) is 28.3 Å². The molecule has 3 nitrogen and oxygen atoms in total. The van der Waals surface area contributed by atoms with Crippen molar-refractivity contribution in [3.8, 4) is 0 Å². The SMILES string of the molecule is Cc1cnc(C(C)n2c(CCCl)nc3ccccc32)s1. The van der Waals surface area contributed by atoms with Crippen molar-refractivity contribution in [1.82, 2.24) is 14.5 Å². The Morgan fingerprint density at radius 2 is 2.15 bits per heavy atom. The summed E-state index contributed by atoms with van der Waals surface area (Å²) >= 11 is 7.66. The van der Waals surface area contributed by atoms with Gasteiger partial charge in [-0.2, -0.15) is 0 Å². The Morgan fingerprint density at radius 1 is 1.35 bits per heavy atom. The van der Waals surface area contributed by atoms with E-state index in [-0.39, 0.29) is 6.04 Å². The van der Waals surface area contributed by atoms with Crippen LogP contribution < -0.4 is 0 Å². The second-order valence-electron chi connectivity index (χ2n) is 4.81. The van der Waals surface area contributed by atoms with Crippen molar-refractivity contribution in [2.24, 2.45) is 0 Å². The van der Waals surface area contributed by atoms with Crippen molar-refractivity contribution in [1.29, 1.82) is 0 Å². The average Bonchev–Trinajstić information content (AvgIpc) is 3.02. The molecule has 104 valence electrons. The van der Waals surface area contributed by atoms with Gasteiger partial charge in [-0.05, 0) is 26.0 Å². The minimum absolute atomic E-state index is 0.180. The van der Waals surface area contributed by atoms with Gasteiger partial charge in [-0.15, -0.1) is 22.9 Å². The summed E-state index contributed by atoms with van der Waals surface area (Å²) in [7, 11) is 0. The second kappa shape index (κ2) is 5.54. The fourth-order valence-corrected chi connectivity index (χ4v) is 3.45. The van der Waals surface area contributed by atoms with Gasteiger partial charge < -0.3 is 4.57 Å². The Hall–Kier alpha value is -1.39. The van der Waals surface area contributed by atoms with Crippen molar-refractivity contribution >= 4 is 34.0 Å². The van der Waals surface area contributed by atoms with Crippen LogP contribution in [0.5, 0.6) is 0 Å². The third kappa shape index (κ3) is 2.34. The lowest BCUT2D eigenvalue weighted by Crippen LogP contribution is -2.11. The van der Waals surface area contributed by atoms with E-state index in [4.69, 9.17) is 16.6 Å². The molecule has 3 aromatic rings. The lowest BCUT2D eigenvalue weighted by molar-refractivity contribution is 0.620. The number of aromatic nitrogens is 3. The van der Waals surface area contributed by atoms with Crippen molar-refractivity contribution < 1.29 is 0 Å². The van der Waals surface area contributed by atoms with Gasteiger partial charge >= 0.3 is 0 Å². The normalized spacial score (nSPS) is 12.9. The van der Waals surface area contributed by atoms with Crippen LogP contribution in [0.25, 0.3) is 11.0 Å². The van der Waals surface area contributed by atoms with E-state index < -0.39 is 0 Å². The molecular weight excluding hydrogens is 290 g/mol. The average molecular weight is 306 g/mol. The molecule has 0 aliphatic rings. The van der Waals surface area contributed by atoms with Gasteiger partial charge in [0.15, 0.2) is 0 Å². The Morgan fingerprint density at radius 3 is 2.85 bits per heavy atom. The van der Waals surface area contributed by atoms with Gasteiger partial charge in [0.1, 0.15) is 10.8 Å². The Labute approximate surface area is 127 Å². The number of hydrogen-bond acceptors (Lipinski definition) is 3. The second-order valence-corrected chi connectivity index (χ2v) is 6.46. The summed E-state index contributed by atoms with van der Waals surface area (Å²) in [6.07, 6.45) is 2.70. The molecule has 2 aromatic heterocycles. The number of imidazole rings is 1. The van der Waals surface area contributed by atoms with Gasteiger partial charge in [0.2, 0.25) is 0 Å². The maximum absolute atomic E-state index is 5.92. The molecule has 0 aliphatic carbocycles. The number of halogens is 1. The molecule has 0 amide bonds. The van der Waals surface area contributed by atoms with E-state index in [1.54, 1.807) is 11.3 Å². The quantitative estimate of drug-likeness (QED) is 0.677. The summed E-state index contributed by atoms with van der Waals surface area (Å²) in [4.78, 5) is 10.5. The van der Waals surface area contributed by atoms with E-state index in [1.165, 1.54) is 4.88 Å². The molecule has 0 radical (unpaired) electrons. The van der Waals surface area contributed by atoms with Gasteiger partial charge in [-0.3, -0.25) is 0 Å². The van der Waals surface area contributed by atoms with Gasteiger partial charge in [0, 0.05) is 23.4 Å². The lowest BCUT2D eigenvalue weighted by Gasteiger charge is -2.15. The Bertz CT molecular complexity index is 732. The highest BCUT2D eigenvalue weighted by molar-refractivity contribution is 7.11. The van der Waals surface area contributed by atoms with Crippen LogP contribution in [0, 0.1) is 6.92 Å². The number of aryl methyl sites for hydroxylation is 2. The van der Waals surface area contributed by atoms with Crippen LogP contribution in [-0.2, 0) is 6.42 Å². The van der Waals surface area contributed by atoms with Gasteiger partial charge in [0.25, 0.3) is 0 Å². The van der Waals surface area contributed by atoms with Crippen LogP contribution in [0.4, 0.5) is 0 Å². The molecule has 0 saturated heterocycles. The van der Waals surface area contributed by atoms with Crippen molar-refractivity contribution in [2.75, 3.05) is 5.88 Å². The monoisotopic (exact) mass is 305 g/mol. The number of hydrogen-bond donors (Lipinski definition) is 0. The van der Waals surface area contributed by atoms with Gasteiger partial charge in [-0.1, -0.05) is 12.1 Å². The summed E-state index contributed by atoms with van der Waals surface area (Å²) in [5.41, 5.74) is 2.17. The highest BCUT2D eigenvalue weighted by Crippen LogP contribution is 2.28. The van der Waals surface area contributed by atoms with E-state index in [9.17, 15) is 0 Å². The fourth-order valence-electron chi connectivity index (χ4n) is 2.46. The largest absolute Gasteiger partial charge is 0.318 e. The molecule has 3 rings (SSSR count). The molecule has 5 heteroatoms. The molecule has 0 N–H and O–H groups in total. The van der Waals surface area contributed by atoms with Crippen LogP contribution in [0.1, 0.15) is 28.7 Å². The van der Waals surface area contributed by atoms with Crippen molar-refractivity contribution in [3.05, 3.63) is 46.2 Å². The number of rotatable bonds is 4. The number of fused-ring (bicyclic) bond motifs is 1. The standard InChI is InChI=1S/C15H16ClN3S/c1-10-9-17-15(20-10)11(2)19-13-6-4-3-5-12(13)18-14(19)7-8-16/h3-6,9,11H,7-8H2,1-2H3. The van der Waals surface area contributed by atoms with Crippen LogP contribution in [0.3, 0.4) is 0 Å². The van der Waals surface area contributed by atoms with E-state index >= 15 is 0 Å². The molecule has 2 heterocycles. The highest BCUT2D eigenvalue weighted by Gasteiger charge is 2.18. The summed E-state index contributed by atoms with van der Waals surface area (Å²) in [5, 5.41) is 1.11. The minimum Gasteiger partial charge on any atom is -0.318 e. The van der Waals surface area contributed by atoms with Crippen LogP contribution in [0.2, 0.25) is 0 Å². The molecule has 1 unspecified atom stereocenters. The minimum atomic E-state index is 0.180. The third-order valence-corrected chi connectivity index (χ3v) is 4.64. The molecule has 0 bridgehead atoms. The first-order valence-corrected chi connectivity index (χ1v) is 8.00. The zero-order chi connectivity index (χ0) is 14.1. The van der Waals surface area contributed by atoms with E-state index in [0.29, 0.717) is 5.88 Å². The summed E-state index contributed by atoms with van der Waals surface area (Å²) < 4.78 is 2.26. The van der Waals surface area contributed by atoms with Gasteiger partial charge in [-0.25, -0.2) is 9.97 Å². The van der Waals surface area contributed by atoms with E-state index in [2.05, 4.69) is 29.5 Å². The Kier molecular flexibility index (Phi) is 3.76. The zero-order valence-electron chi connectivity index (χ0n) is 11.5.